The van der Waals surface area contributed by atoms with E-state index in [0.29, 0.717) is 35.2 Å². The van der Waals surface area contributed by atoms with Crippen molar-refractivity contribution in [3.05, 3.63) is 0 Å². The van der Waals surface area contributed by atoms with Crippen molar-refractivity contribution in [2.24, 2.45) is 52.8 Å². The van der Waals surface area contributed by atoms with E-state index in [4.69, 9.17) is 11.6 Å². The summed E-state index contributed by atoms with van der Waals surface area (Å²) in [7, 11) is 0. The van der Waals surface area contributed by atoms with E-state index in [2.05, 4.69) is 29.6 Å². The Morgan fingerprint density at radius 2 is 1.30 bits per heavy atom. The number of likely N-dealkylation sites (tertiary alicyclic amines) is 1. The zero-order valence-electron chi connectivity index (χ0n) is 23.2. The molecular formula is C31H50ClN3O2. The highest BCUT2D eigenvalue weighted by Crippen LogP contribution is 2.63. The first-order valence-electron chi connectivity index (χ1n) is 15.8. The summed E-state index contributed by atoms with van der Waals surface area (Å²) in [6.45, 7) is 5.94. The van der Waals surface area contributed by atoms with E-state index in [0.717, 1.165) is 62.3 Å². The van der Waals surface area contributed by atoms with Gasteiger partial charge in [0, 0.05) is 36.3 Å². The molecule has 5 aliphatic carbocycles. The average molecular weight is 532 g/mol. The van der Waals surface area contributed by atoms with Gasteiger partial charge in [-0.05, 0) is 105 Å². The number of amides is 2. The van der Waals surface area contributed by atoms with Crippen LogP contribution in [0.3, 0.4) is 0 Å². The van der Waals surface area contributed by atoms with Gasteiger partial charge in [0.2, 0.25) is 11.8 Å². The van der Waals surface area contributed by atoms with E-state index >= 15 is 0 Å². The molecule has 5 nitrogen and oxygen atoms in total. The van der Waals surface area contributed by atoms with Crippen LogP contribution in [0.4, 0.5) is 0 Å². The molecule has 0 spiro atoms. The van der Waals surface area contributed by atoms with Crippen molar-refractivity contribution < 1.29 is 9.59 Å². The van der Waals surface area contributed by atoms with E-state index in [9.17, 15) is 9.59 Å². The van der Waals surface area contributed by atoms with Crippen molar-refractivity contribution in [1.29, 1.82) is 0 Å². The Morgan fingerprint density at radius 1 is 0.703 bits per heavy atom. The van der Waals surface area contributed by atoms with Gasteiger partial charge in [0.15, 0.2) is 0 Å². The number of fused-ring (bicyclic) bond motifs is 6. The Morgan fingerprint density at radius 3 is 2.05 bits per heavy atom. The van der Waals surface area contributed by atoms with Crippen molar-refractivity contribution in [1.82, 2.24) is 15.8 Å². The molecule has 1 heterocycles. The highest BCUT2D eigenvalue weighted by atomic mass is 35.5. The predicted molar refractivity (Wildman–Crippen MR) is 148 cm³/mol. The van der Waals surface area contributed by atoms with Crippen LogP contribution in [0.2, 0.25) is 0 Å². The topological polar surface area (TPSA) is 61.4 Å². The number of hydrazine groups is 1. The Kier molecular flexibility index (Phi) is 7.59. The van der Waals surface area contributed by atoms with Crippen LogP contribution < -0.4 is 10.9 Å². The lowest BCUT2D eigenvalue weighted by atomic mass is 9.66. The summed E-state index contributed by atoms with van der Waals surface area (Å²) in [5, 5.41) is 0. The third kappa shape index (κ3) is 4.66. The summed E-state index contributed by atoms with van der Waals surface area (Å²) in [6.07, 6.45) is 17.0. The first-order chi connectivity index (χ1) is 17.9. The molecule has 2 N–H and O–H groups in total. The molecule has 1 saturated heterocycles. The summed E-state index contributed by atoms with van der Waals surface area (Å²) >= 11 is 6.19. The van der Waals surface area contributed by atoms with Gasteiger partial charge in [0.05, 0.1) is 0 Å². The van der Waals surface area contributed by atoms with Crippen LogP contribution >= 0.6 is 11.6 Å². The Balaban J connectivity index is 1.03. The van der Waals surface area contributed by atoms with Crippen LogP contribution in [0.15, 0.2) is 0 Å². The molecule has 2 amide bonds. The van der Waals surface area contributed by atoms with Crippen LogP contribution in [-0.4, -0.2) is 41.2 Å². The minimum atomic E-state index is 0.0210. The first kappa shape index (κ1) is 26.4. The van der Waals surface area contributed by atoms with Gasteiger partial charge in [-0.3, -0.25) is 25.3 Å². The number of hydrogen-bond acceptors (Lipinski definition) is 3. The number of halogens is 1. The van der Waals surface area contributed by atoms with Crippen molar-refractivity contribution in [2.45, 2.75) is 116 Å². The fraction of sp³-hybridized carbons (Fsp3) is 0.935. The van der Waals surface area contributed by atoms with E-state index < -0.39 is 0 Å². The molecule has 10 atom stereocenters. The largest absolute Gasteiger partial charge is 0.296 e. The lowest BCUT2D eigenvalue weighted by molar-refractivity contribution is -0.135. The van der Waals surface area contributed by atoms with Gasteiger partial charge in [-0.1, -0.05) is 39.5 Å². The SMILES string of the molecule is CC1(C)C2CCCCC2C2CCC(C(=O)NNC(=O)C3CCC4C(C3)C3CCCCC3N4CCCl)CC21. The predicted octanol–water partition coefficient (Wildman–Crippen LogP) is 5.91. The summed E-state index contributed by atoms with van der Waals surface area (Å²) in [5.74, 6) is 5.36. The van der Waals surface area contributed by atoms with Gasteiger partial charge in [-0.2, -0.15) is 0 Å². The van der Waals surface area contributed by atoms with Gasteiger partial charge < -0.3 is 0 Å². The third-order valence-corrected chi connectivity index (χ3v) is 12.8. The van der Waals surface area contributed by atoms with E-state index in [1.165, 1.54) is 57.8 Å². The molecule has 6 fully saturated rings. The second-order valence-electron chi connectivity index (χ2n) is 14.3. The molecule has 0 aromatic rings. The number of alkyl halides is 1. The van der Waals surface area contributed by atoms with E-state index in [1.54, 1.807) is 0 Å². The lowest BCUT2D eigenvalue weighted by Crippen LogP contribution is -2.50. The molecule has 0 aromatic carbocycles. The molecule has 1 aliphatic heterocycles. The van der Waals surface area contributed by atoms with E-state index in [-0.39, 0.29) is 23.7 Å². The molecule has 0 bridgehead atoms. The molecule has 37 heavy (non-hydrogen) atoms. The fourth-order valence-electron chi connectivity index (χ4n) is 11.0. The summed E-state index contributed by atoms with van der Waals surface area (Å²) in [4.78, 5) is 29.2. The smallest absolute Gasteiger partial charge is 0.241 e. The number of rotatable bonds is 4. The minimum absolute atomic E-state index is 0.0210. The fourth-order valence-corrected chi connectivity index (χ4v) is 11.2. The molecule has 6 aliphatic rings. The molecule has 10 unspecified atom stereocenters. The number of nitrogens with zero attached hydrogens (tertiary/aromatic N) is 1. The molecule has 0 radical (unpaired) electrons. The van der Waals surface area contributed by atoms with Crippen LogP contribution in [0.25, 0.3) is 0 Å². The Labute approximate surface area is 229 Å². The van der Waals surface area contributed by atoms with Crippen molar-refractivity contribution in [3.8, 4) is 0 Å². The van der Waals surface area contributed by atoms with Gasteiger partial charge in [0.25, 0.3) is 0 Å². The van der Waals surface area contributed by atoms with Crippen LogP contribution in [0.1, 0.15) is 104 Å². The summed E-state index contributed by atoms with van der Waals surface area (Å²) in [6, 6.07) is 1.27. The van der Waals surface area contributed by atoms with Crippen LogP contribution in [0.5, 0.6) is 0 Å². The first-order valence-corrected chi connectivity index (χ1v) is 16.3. The zero-order valence-corrected chi connectivity index (χ0v) is 24.0. The second kappa shape index (κ2) is 10.6. The Hall–Kier alpha value is -0.810. The van der Waals surface area contributed by atoms with Crippen LogP contribution in [-0.2, 0) is 9.59 Å². The van der Waals surface area contributed by atoms with Crippen LogP contribution in [0, 0.1) is 52.8 Å². The number of carbonyl (C=O) groups excluding carboxylic acids is 2. The summed E-state index contributed by atoms with van der Waals surface area (Å²) in [5.41, 5.74) is 6.13. The van der Waals surface area contributed by atoms with Gasteiger partial charge in [-0.25, -0.2) is 0 Å². The molecule has 6 heteroatoms. The van der Waals surface area contributed by atoms with Crippen molar-refractivity contribution >= 4 is 23.4 Å². The van der Waals surface area contributed by atoms with Crippen molar-refractivity contribution in [3.63, 3.8) is 0 Å². The summed E-state index contributed by atoms with van der Waals surface area (Å²) < 4.78 is 0. The maximum Gasteiger partial charge on any atom is 0.241 e. The normalized spacial score (nSPS) is 44.7. The number of nitrogens with one attached hydrogen (secondary N) is 2. The lowest BCUT2D eigenvalue weighted by Gasteiger charge is -2.39. The minimum Gasteiger partial charge on any atom is -0.296 e. The highest BCUT2D eigenvalue weighted by Gasteiger charge is 2.57. The monoisotopic (exact) mass is 531 g/mol. The van der Waals surface area contributed by atoms with Gasteiger partial charge in [0.1, 0.15) is 0 Å². The average Bonchev–Trinajstić information content (AvgIpc) is 3.36. The quantitative estimate of drug-likeness (QED) is 0.350. The van der Waals surface area contributed by atoms with Gasteiger partial charge in [-0.15, -0.1) is 11.6 Å². The van der Waals surface area contributed by atoms with E-state index in [1.807, 2.05) is 0 Å². The Bertz CT molecular complexity index is 863. The molecule has 208 valence electrons. The number of carbonyl (C=O) groups is 2. The maximum atomic E-state index is 13.2. The molecule has 0 aromatic heterocycles. The molecule has 5 saturated carbocycles. The second-order valence-corrected chi connectivity index (χ2v) is 14.7. The highest BCUT2D eigenvalue weighted by molar-refractivity contribution is 6.18. The molecular weight excluding hydrogens is 482 g/mol. The van der Waals surface area contributed by atoms with Crippen molar-refractivity contribution in [2.75, 3.05) is 12.4 Å². The molecule has 6 rings (SSSR count). The third-order valence-electron chi connectivity index (χ3n) is 12.6. The maximum absolute atomic E-state index is 13.2. The standard InChI is InChI=1S/C31H50ClN3O2/c1-31(2)25-9-5-3-7-21(25)22-13-11-20(18-26(22)31)30(37)34-33-29(36)19-12-14-28-24(17-19)23-8-4-6-10-27(23)35(28)16-15-32/h19-28H,3-18H2,1-2H3,(H,33,36)(H,34,37). The van der Waals surface area contributed by atoms with Gasteiger partial charge >= 0.3 is 0 Å². The zero-order chi connectivity index (χ0) is 25.7. The number of hydrogen-bond donors (Lipinski definition) is 2.